The first-order valence-electron chi connectivity index (χ1n) is 10.9. The number of aromatic nitrogens is 4. The lowest BCUT2D eigenvalue weighted by Gasteiger charge is -2.34. The number of aryl methyl sites for hydroxylation is 1. The minimum absolute atomic E-state index is 0.358. The first kappa shape index (κ1) is 20.2. The van der Waals surface area contributed by atoms with Crippen LogP contribution >= 0.6 is 0 Å². The highest BCUT2D eigenvalue weighted by Crippen LogP contribution is 2.26. The number of nitrogens with one attached hydrogen (secondary N) is 1. The number of benzene rings is 2. The molecule has 1 atom stereocenters. The molecular weight excluding hydrogens is 400 g/mol. The molecule has 1 saturated heterocycles. The van der Waals surface area contributed by atoms with Gasteiger partial charge in [-0.15, -0.1) is 0 Å². The first-order valence-corrected chi connectivity index (χ1v) is 10.9. The minimum atomic E-state index is 0.358. The molecule has 5 rings (SSSR count). The van der Waals surface area contributed by atoms with E-state index in [1.807, 2.05) is 48.1 Å². The van der Waals surface area contributed by atoms with Gasteiger partial charge in [0.2, 0.25) is 11.8 Å². The van der Waals surface area contributed by atoms with Gasteiger partial charge in [0.05, 0.1) is 6.33 Å². The molecule has 1 aliphatic heterocycles. The Hall–Kier alpha value is -3.71. The van der Waals surface area contributed by atoms with E-state index in [1.165, 1.54) is 5.56 Å². The van der Waals surface area contributed by atoms with E-state index in [9.17, 15) is 0 Å². The summed E-state index contributed by atoms with van der Waals surface area (Å²) in [6, 6.07) is 18.8. The molecular formula is C25H26N6O. The fourth-order valence-electron chi connectivity index (χ4n) is 3.93. The van der Waals surface area contributed by atoms with Crippen molar-refractivity contribution in [2.24, 2.45) is 0 Å². The van der Waals surface area contributed by atoms with Crippen LogP contribution in [0.15, 0.2) is 79.5 Å². The molecule has 1 fully saturated rings. The minimum Gasteiger partial charge on any atom is -0.439 e. The third-order valence-electron chi connectivity index (χ3n) is 5.63. The van der Waals surface area contributed by atoms with Crippen molar-refractivity contribution in [2.45, 2.75) is 19.4 Å². The van der Waals surface area contributed by atoms with E-state index in [-0.39, 0.29) is 0 Å². The summed E-state index contributed by atoms with van der Waals surface area (Å²) in [6.45, 7) is 4.60. The van der Waals surface area contributed by atoms with E-state index >= 15 is 0 Å². The van der Waals surface area contributed by atoms with Crippen LogP contribution in [-0.4, -0.2) is 45.2 Å². The van der Waals surface area contributed by atoms with Crippen molar-refractivity contribution in [3.8, 4) is 17.3 Å². The van der Waals surface area contributed by atoms with Crippen molar-refractivity contribution in [1.82, 2.24) is 24.8 Å². The van der Waals surface area contributed by atoms with Gasteiger partial charge >= 0.3 is 0 Å². The fraction of sp³-hybridized carbons (Fsp3) is 0.240. The van der Waals surface area contributed by atoms with Gasteiger partial charge in [0.15, 0.2) is 0 Å². The molecule has 1 aliphatic rings. The molecule has 162 valence electrons. The predicted octanol–water partition coefficient (Wildman–Crippen LogP) is 3.78. The second-order valence-electron chi connectivity index (χ2n) is 8.01. The second kappa shape index (κ2) is 9.20. The number of ether oxygens (including phenoxy) is 1. The third-order valence-corrected chi connectivity index (χ3v) is 5.63. The standard InChI is InChI=1S/C25H26N6O/c1-19-16-28-25(30-14-12-27-21(17-30)15-20-5-3-2-4-6-20)29-24(19)32-23-9-7-22(8-10-23)31-13-11-26-18-31/h2-11,13,16,18,21,27H,12,14-15,17H2,1H3/t21-/m0/s1. The molecule has 0 amide bonds. The molecule has 0 unspecified atom stereocenters. The zero-order valence-electron chi connectivity index (χ0n) is 18.1. The number of hydrogen-bond acceptors (Lipinski definition) is 6. The predicted molar refractivity (Wildman–Crippen MR) is 125 cm³/mol. The Labute approximate surface area is 187 Å². The van der Waals surface area contributed by atoms with Gasteiger partial charge in [-0.05, 0) is 43.2 Å². The van der Waals surface area contributed by atoms with Crippen molar-refractivity contribution in [3.63, 3.8) is 0 Å². The van der Waals surface area contributed by atoms with Crippen molar-refractivity contribution in [2.75, 3.05) is 24.5 Å². The van der Waals surface area contributed by atoms with E-state index in [4.69, 9.17) is 9.72 Å². The Morgan fingerprint density at radius 3 is 2.72 bits per heavy atom. The molecule has 7 heteroatoms. The topological polar surface area (TPSA) is 68.1 Å². The molecule has 0 aliphatic carbocycles. The third kappa shape index (κ3) is 4.63. The van der Waals surface area contributed by atoms with Crippen molar-refractivity contribution in [3.05, 3.63) is 90.6 Å². The zero-order valence-corrected chi connectivity index (χ0v) is 18.1. The fourth-order valence-corrected chi connectivity index (χ4v) is 3.93. The summed E-state index contributed by atoms with van der Waals surface area (Å²) in [5.74, 6) is 2.03. The quantitative estimate of drug-likeness (QED) is 0.506. The molecule has 0 radical (unpaired) electrons. The molecule has 0 bridgehead atoms. The maximum atomic E-state index is 6.12. The summed E-state index contributed by atoms with van der Waals surface area (Å²) in [6.07, 6.45) is 8.27. The highest BCUT2D eigenvalue weighted by Gasteiger charge is 2.22. The Bertz CT molecular complexity index is 1150. The number of hydrogen-bond donors (Lipinski definition) is 1. The summed E-state index contributed by atoms with van der Waals surface area (Å²) >= 11 is 0. The van der Waals surface area contributed by atoms with Crippen LogP contribution in [0.2, 0.25) is 0 Å². The lowest BCUT2D eigenvalue weighted by atomic mass is 10.0. The van der Waals surface area contributed by atoms with Gasteiger partial charge in [-0.25, -0.2) is 9.97 Å². The average Bonchev–Trinajstić information content (AvgIpc) is 3.37. The summed E-state index contributed by atoms with van der Waals surface area (Å²) < 4.78 is 8.07. The Morgan fingerprint density at radius 2 is 1.94 bits per heavy atom. The van der Waals surface area contributed by atoms with Crippen LogP contribution in [-0.2, 0) is 6.42 Å². The van der Waals surface area contributed by atoms with E-state index < -0.39 is 0 Å². The normalized spacial score (nSPS) is 16.2. The van der Waals surface area contributed by atoms with Crippen molar-refractivity contribution >= 4 is 5.95 Å². The maximum absolute atomic E-state index is 6.12. The average molecular weight is 427 g/mol. The summed E-state index contributed by atoms with van der Waals surface area (Å²) in [7, 11) is 0. The Kier molecular flexibility index (Phi) is 5.81. The molecule has 2 aromatic heterocycles. The van der Waals surface area contributed by atoms with Crippen LogP contribution in [0.4, 0.5) is 5.95 Å². The highest BCUT2D eigenvalue weighted by molar-refractivity contribution is 5.41. The SMILES string of the molecule is Cc1cnc(N2CCN[C@@H](Cc3ccccc3)C2)nc1Oc1ccc(-n2ccnc2)cc1. The molecule has 4 aromatic rings. The molecule has 0 spiro atoms. The van der Waals surface area contributed by atoms with E-state index in [2.05, 4.69) is 50.5 Å². The van der Waals surface area contributed by atoms with Gasteiger partial charge in [-0.2, -0.15) is 4.98 Å². The number of imidazole rings is 1. The van der Waals surface area contributed by atoms with Crippen LogP contribution in [0.3, 0.4) is 0 Å². The van der Waals surface area contributed by atoms with Crippen molar-refractivity contribution in [1.29, 1.82) is 0 Å². The van der Waals surface area contributed by atoms with Gasteiger partial charge in [0.1, 0.15) is 5.75 Å². The molecule has 0 saturated carbocycles. The number of anilines is 1. The van der Waals surface area contributed by atoms with Gasteiger partial charge in [-0.3, -0.25) is 0 Å². The zero-order chi connectivity index (χ0) is 21.8. The van der Waals surface area contributed by atoms with Gasteiger partial charge < -0.3 is 19.5 Å². The molecule has 1 N–H and O–H groups in total. The monoisotopic (exact) mass is 426 g/mol. The molecule has 2 aromatic carbocycles. The van der Waals surface area contributed by atoms with Gasteiger partial charge in [-0.1, -0.05) is 30.3 Å². The van der Waals surface area contributed by atoms with Crippen LogP contribution in [0.5, 0.6) is 11.6 Å². The van der Waals surface area contributed by atoms with Crippen molar-refractivity contribution < 1.29 is 4.74 Å². The second-order valence-corrected chi connectivity index (χ2v) is 8.01. The van der Waals surface area contributed by atoms with Crippen LogP contribution in [0.1, 0.15) is 11.1 Å². The van der Waals surface area contributed by atoms with Crippen LogP contribution in [0, 0.1) is 6.92 Å². The van der Waals surface area contributed by atoms with Crippen LogP contribution < -0.4 is 15.0 Å². The van der Waals surface area contributed by atoms with Gasteiger partial charge in [0.25, 0.3) is 0 Å². The Balaban J connectivity index is 1.29. The smallest absolute Gasteiger partial charge is 0.228 e. The Morgan fingerprint density at radius 1 is 1.09 bits per heavy atom. The number of rotatable bonds is 6. The summed E-state index contributed by atoms with van der Waals surface area (Å²) in [4.78, 5) is 15.7. The van der Waals surface area contributed by atoms with E-state index in [0.717, 1.165) is 43.1 Å². The van der Waals surface area contributed by atoms with Crippen LogP contribution in [0.25, 0.3) is 5.69 Å². The summed E-state index contributed by atoms with van der Waals surface area (Å²) in [5, 5.41) is 3.62. The van der Waals surface area contributed by atoms with Gasteiger partial charge in [0, 0.05) is 55.5 Å². The molecule has 32 heavy (non-hydrogen) atoms. The lowest BCUT2D eigenvalue weighted by Crippen LogP contribution is -2.52. The summed E-state index contributed by atoms with van der Waals surface area (Å²) in [5.41, 5.74) is 3.27. The first-order chi connectivity index (χ1) is 15.7. The number of nitrogens with zero attached hydrogens (tertiary/aromatic N) is 5. The molecule has 3 heterocycles. The highest BCUT2D eigenvalue weighted by atomic mass is 16.5. The molecule has 7 nitrogen and oxygen atoms in total. The van der Waals surface area contributed by atoms with E-state index in [0.29, 0.717) is 17.9 Å². The lowest BCUT2D eigenvalue weighted by molar-refractivity contribution is 0.439. The maximum Gasteiger partial charge on any atom is 0.228 e. The van der Waals surface area contributed by atoms with E-state index in [1.54, 1.807) is 12.5 Å². The largest absolute Gasteiger partial charge is 0.439 e. The number of piperazine rings is 1.